The van der Waals surface area contributed by atoms with Gasteiger partial charge in [-0.1, -0.05) is 12.1 Å². The second-order valence-corrected chi connectivity index (χ2v) is 9.41. The van der Waals surface area contributed by atoms with Crippen molar-refractivity contribution in [1.29, 1.82) is 0 Å². The minimum Gasteiger partial charge on any atom is -0.493 e. The van der Waals surface area contributed by atoms with Crippen LogP contribution in [0.1, 0.15) is 24.0 Å². The molecule has 0 atom stereocenters. The molecule has 0 radical (unpaired) electrons. The molecule has 1 fully saturated rings. The normalized spacial score (nSPS) is 15.3. The first-order valence-electron chi connectivity index (χ1n) is 9.71. The van der Waals surface area contributed by atoms with E-state index in [1.54, 1.807) is 6.07 Å². The van der Waals surface area contributed by atoms with Crippen LogP contribution in [0.5, 0.6) is 5.88 Å². The molecular formula is C20H21N5O5S. The summed E-state index contributed by atoms with van der Waals surface area (Å²) in [7, 11) is -3.80. The average Bonchev–Trinajstić information content (AvgIpc) is 3.38. The van der Waals surface area contributed by atoms with E-state index in [0.717, 1.165) is 30.0 Å². The van der Waals surface area contributed by atoms with E-state index in [2.05, 4.69) is 15.2 Å². The number of hydrogen-bond donors (Lipinski definition) is 2. The lowest BCUT2D eigenvalue weighted by atomic mass is 10.1. The Bertz CT molecular complexity index is 1320. The van der Waals surface area contributed by atoms with Crippen molar-refractivity contribution in [1.82, 2.24) is 9.29 Å². The summed E-state index contributed by atoms with van der Waals surface area (Å²) < 4.78 is 26.8. The van der Waals surface area contributed by atoms with E-state index in [1.807, 2.05) is 19.9 Å². The van der Waals surface area contributed by atoms with Crippen LogP contribution >= 0.6 is 0 Å². The van der Waals surface area contributed by atoms with Crippen molar-refractivity contribution in [3.8, 4) is 5.88 Å². The smallest absolute Gasteiger partial charge is 0.298 e. The van der Waals surface area contributed by atoms with Gasteiger partial charge in [-0.15, -0.1) is 10.2 Å². The number of sulfonamides is 1. The molecule has 0 saturated carbocycles. The third kappa shape index (κ3) is 3.66. The number of aromatic amines is 1. The first kappa shape index (κ1) is 20.9. The summed E-state index contributed by atoms with van der Waals surface area (Å²) in [6.07, 6.45) is 1.53. The maximum Gasteiger partial charge on any atom is 0.298 e. The van der Waals surface area contributed by atoms with Crippen LogP contribution in [0.3, 0.4) is 0 Å². The zero-order valence-electron chi connectivity index (χ0n) is 17.0. The number of fused-ring (bicyclic) bond motifs is 1. The van der Waals surface area contributed by atoms with Gasteiger partial charge in [-0.25, -0.2) is 8.42 Å². The molecule has 1 aliphatic heterocycles. The van der Waals surface area contributed by atoms with E-state index in [1.165, 1.54) is 16.4 Å². The second-order valence-electron chi connectivity index (χ2n) is 7.47. The second kappa shape index (κ2) is 7.75. The highest BCUT2D eigenvalue weighted by atomic mass is 32.2. The Morgan fingerprint density at radius 3 is 2.52 bits per heavy atom. The number of hydrogen-bond acceptors (Lipinski definition) is 7. The largest absolute Gasteiger partial charge is 0.493 e. The third-order valence-corrected chi connectivity index (χ3v) is 7.46. The van der Waals surface area contributed by atoms with Gasteiger partial charge in [0, 0.05) is 24.5 Å². The van der Waals surface area contributed by atoms with Crippen molar-refractivity contribution in [2.45, 2.75) is 31.6 Å². The van der Waals surface area contributed by atoms with E-state index in [0.29, 0.717) is 24.0 Å². The number of aromatic hydroxyl groups is 1. The van der Waals surface area contributed by atoms with Gasteiger partial charge in [0.05, 0.1) is 15.3 Å². The minimum atomic E-state index is -3.80. The zero-order chi connectivity index (χ0) is 22.3. The van der Waals surface area contributed by atoms with Crippen LogP contribution in [-0.2, 0) is 10.0 Å². The molecule has 1 aliphatic rings. The Morgan fingerprint density at radius 2 is 1.84 bits per heavy atom. The molecule has 1 saturated heterocycles. The van der Waals surface area contributed by atoms with Crippen molar-refractivity contribution >= 4 is 38.0 Å². The number of aryl methyl sites for hydroxylation is 2. The molecule has 162 valence electrons. The van der Waals surface area contributed by atoms with Crippen molar-refractivity contribution < 1.29 is 18.4 Å². The highest BCUT2D eigenvalue weighted by Crippen LogP contribution is 2.39. The number of benzene rings is 2. The maximum atomic E-state index is 12.7. The van der Waals surface area contributed by atoms with Crippen molar-refractivity contribution in [3.05, 3.63) is 51.6 Å². The highest BCUT2D eigenvalue weighted by Gasteiger charge is 2.29. The number of rotatable bonds is 5. The Kier molecular flexibility index (Phi) is 5.23. The number of H-pyrrole nitrogens is 1. The molecule has 10 nitrogen and oxygen atoms in total. The predicted molar refractivity (Wildman–Crippen MR) is 115 cm³/mol. The molecule has 0 spiro atoms. The summed E-state index contributed by atoms with van der Waals surface area (Å²) in [6.45, 7) is 4.64. The Labute approximate surface area is 178 Å². The van der Waals surface area contributed by atoms with Crippen LogP contribution in [0.2, 0.25) is 0 Å². The molecule has 0 unspecified atom stereocenters. The van der Waals surface area contributed by atoms with Gasteiger partial charge in [-0.05, 0) is 49.9 Å². The predicted octanol–water partition coefficient (Wildman–Crippen LogP) is 4.60. The highest BCUT2D eigenvalue weighted by molar-refractivity contribution is 7.89. The third-order valence-electron chi connectivity index (χ3n) is 5.56. The molecule has 0 bridgehead atoms. The summed E-state index contributed by atoms with van der Waals surface area (Å²) >= 11 is 0. The van der Waals surface area contributed by atoms with Gasteiger partial charge in [0.2, 0.25) is 15.9 Å². The standard InChI is InChI=1S/C20H21N5O5S/c1-12-5-7-15-18(13(12)2)21-20(26)19(15)23-22-16-8-6-14(11-17(16)25(27)28)31(29,30)24-9-3-4-10-24/h5-8,11,21,26H,3-4,9-10H2,1-2H3. The quantitative estimate of drug-likeness (QED) is 0.337. The molecule has 2 aromatic carbocycles. The molecule has 0 amide bonds. The van der Waals surface area contributed by atoms with Gasteiger partial charge < -0.3 is 10.1 Å². The molecule has 2 N–H and O–H groups in total. The monoisotopic (exact) mass is 443 g/mol. The SMILES string of the molecule is Cc1ccc2c(N=Nc3ccc(S(=O)(=O)N4CCCC4)cc3[N+](=O)[O-])c(O)[nH]c2c1C. The molecule has 2 heterocycles. The maximum absolute atomic E-state index is 12.7. The lowest BCUT2D eigenvalue weighted by molar-refractivity contribution is -0.384. The summed E-state index contributed by atoms with van der Waals surface area (Å²) in [5.41, 5.74) is 2.24. The molecule has 1 aromatic heterocycles. The van der Waals surface area contributed by atoms with Crippen molar-refractivity contribution in [2.24, 2.45) is 10.2 Å². The van der Waals surface area contributed by atoms with Gasteiger partial charge in [0.15, 0.2) is 11.4 Å². The fourth-order valence-electron chi connectivity index (χ4n) is 3.66. The minimum absolute atomic E-state index is 0.108. The molecule has 3 aromatic rings. The number of aromatic nitrogens is 1. The van der Waals surface area contributed by atoms with E-state index < -0.39 is 20.6 Å². The lowest BCUT2D eigenvalue weighted by Crippen LogP contribution is -2.27. The van der Waals surface area contributed by atoms with Crippen LogP contribution in [-0.4, -0.2) is 40.8 Å². The molecular weight excluding hydrogens is 422 g/mol. The number of nitrogens with zero attached hydrogens (tertiary/aromatic N) is 4. The summed E-state index contributed by atoms with van der Waals surface area (Å²) in [5, 5.41) is 30.4. The number of nitrogens with one attached hydrogen (secondary N) is 1. The number of azo groups is 1. The van der Waals surface area contributed by atoms with Crippen LogP contribution < -0.4 is 0 Å². The zero-order valence-corrected chi connectivity index (χ0v) is 17.8. The van der Waals surface area contributed by atoms with Crippen LogP contribution in [0.25, 0.3) is 10.9 Å². The Balaban J connectivity index is 1.75. The average molecular weight is 443 g/mol. The van der Waals surface area contributed by atoms with Gasteiger partial charge in [0.25, 0.3) is 5.69 Å². The van der Waals surface area contributed by atoms with Gasteiger partial charge >= 0.3 is 0 Å². The van der Waals surface area contributed by atoms with Crippen molar-refractivity contribution in [2.75, 3.05) is 13.1 Å². The van der Waals surface area contributed by atoms with Crippen LogP contribution in [0, 0.1) is 24.0 Å². The van der Waals surface area contributed by atoms with Gasteiger partial charge in [0.1, 0.15) is 0 Å². The van der Waals surface area contributed by atoms with E-state index in [9.17, 15) is 23.6 Å². The lowest BCUT2D eigenvalue weighted by Gasteiger charge is -2.15. The summed E-state index contributed by atoms with van der Waals surface area (Å²) in [4.78, 5) is 13.6. The van der Waals surface area contributed by atoms with Crippen LogP contribution in [0.4, 0.5) is 17.1 Å². The molecule has 0 aliphatic carbocycles. The van der Waals surface area contributed by atoms with Gasteiger partial charge in [-0.2, -0.15) is 4.31 Å². The first-order chi connectivity index (χ1) is 14.7. The molecule has 31 heavy (non-hydrogen) atoms. The van der Waals surface area contributed by atoms with E-state index in [-0.39, 0.29) is 22.2 Å². The number of nitro groups is 1. The molecule has 11 heteroatoms. The summed E-state index contributed by atoms with van der Waals surface area (Å²) in [6, 6.07) is 7.21. The van der Waals surface area contributed by atoms with Gasteiger partial charge in [-0.3, -0.25) is 10.1 Å². The number of nitro benzene ring substituents is 1. The topological polar surface area (TPSA) is 141 Å². The van der Waals surface area contributed by atoms with Crippen LogP contribution in [0.15, 0.2) is 45.5 Å². The fourth-order valence-corrected chi connectivity index (χ4v) is 5.19. The van der Waals surface area contributed by atoms with E-state index in [4.69, 9.17) is 0 Å². The summed E-state index contributed by atoms with van der Waals surface area (Å²) in [5.74, 6) is -0.205. The Hall–Kier alpha value is -3.31. The fraction of sp³-hybridized carbons (Fsp3) is 0.300. The molecule has 4 rings (SSSR count). The first-order valence-corrected chi connectivity index (χ1v) is 11.2. The van der Waals surface area contributed by atoms with Crippen molar-refractivity contribution in [3.63, 3.8) is 0 Å². The van der Waals surface area contributed by atoms with E-state index >= 15 is 0 Å². The Morgan fingerprint density at radius 1 is 1.13 bits per heavy atom.